The van der Waals surface area contributed by atoms with Crippen LogP contribution in [0.1, 0.15) is 32.0 Å². The van der Waals surface area contributed by atoms with Crippen LogP contribution in [0.3, 0.4) is 0 Å². The van der Waals surface area contributed by atoms with Crippen molar-refractivity contribution in [3.8, 4) is 0 Å². The maximum Gasteiger partial charge on any atom is 0.255 e. The highest BCUT2D eigenvalue weighted by molar-refractivity contribution is 6.06. The molecule has 1 aliphatic heterocycles. The number of amides is 2. The van der Waals surface area contributed by atoms with E-state index >= 15 is 0 Å². The molecule has 0 unspecified atom stereocenters. The predicted octanol–water partition coefficient (Wildman–Crippen LogP) is 2.68. The first-order valence-electron chi connectivity index (χ1n) is 9.25. The maximum atomic E-state index is 12.7. The molecule has 3 aromatic rings. The minimum Gasteiger partial charge on any atom is -0.378 e. The molecule has 3 heterocycles. The number of aromatic nitrogens is 2. The molecule has 28 heavy (non-hydrogen) atoms. The molecular weight excluding hydrogens is 356 g/mol. The van der Waals surface area contributed by atoms with E-state index in [1.165, 1.54) is 0 Å². The third-order valence-corrected chi connectivity index (χ3v) is 4.99. The van der Waals surface area contributed by atoms with Crippen molar-refractivity contribution in [2.24, 2.45) is 0 Å². The van der Waals surface area contributed by atoms with Crippen LogP contribution in [0.5, 0.6) is 0 Å². The first-order chi connectivity index (χ1) is 13.5. The van der Waals surface area contributed by atoms with Gasteiger partial charge in [0.1, 0.15) is 5.65 Å². The molecule has 1 N–H and O–H groups in total. The van der Waals surface area contributed by atoms with Crippen LogP contribution in [0.25, 0.3) is 5.65 Å². The Morgan fingerprint density at radius 2 is 1.86 bits per heavy atom. The van der Waals surface area contributed by atoms with Gasteiger partial charge in [0.15, 0.2) is 0 Å². The van der Waals surface area contributed by atoms with Gasteiger partial charge >= 0.3 is 0 Å². The molecule has 0 saturated carbocycles. The molecule has 0 radical (unpaired) electrons. The molecule has 2 amide bonds. The van der Waals surface area contributed by atoms with Gasteiger partial charge in [0.05, 0.1) is 13.2 Å². The third-order valence-electron chi connectivity index (χ3n) is 4.99. The molecule has 2 aromatic heterocycles. The Hall–Kier alpha value is -3.19. The average molecular weight is 378 g/mol. The van der Waals surface area contributed by atoms with Gasteiger partial charge in [0.25, 0.3) is 11.8 Å². The summed E-state index contributed by atoms with van der Waals surface area (Å²) in [6.07, 6.45) is 3.60. The van der Waals surface area contributed by atoms with E-state index in [1.807, 2.05) is 30.5 Å². The second-order valence-electron chi connectivity index (χ2n) is 6.93. The van der Waals surface area contributed by atoms with Crippen LogP contribution in [0.15, 0.2) is 42.7 Å². The van der Waals surface area contributed by atoms with Crippen LogP contribution in [-0.4, -0.2) is 52.4 Å². The molecule has 0 aliphatic carbocycles. The molecule has 7 heteroatoms. The Kier molecular flexibility index (Phi) is 4.83. The highest BCUT2D eigenvalue weighted by Crippen LogP contribution is 2.20. The zero-order chi connectivity index (χ0) is 19.7. The van der Waals surface area contributed by atoms with Crippen molar-refractivity contribution in [3.05, 3.63) is 65.1 Å². The molecule has 1 aliphatic rings. The summed E-state index contributed by atoms with van der Waals surface area (Å²) in [4.78, 5) is 31.5. The molecule has 7 nitrogen and oxygen atoms in total. The van der Waals surface area contributed by atoms with Crippen LogP contribution < -0.4 is 5.32 Å². The van der Waals surface area contributed by atoms with Gasteiger partial charge in [-0.05, 0) is 43.7 Å². The van der Waals surface area contributed by atoms with Crippen LogP contribution in [0.2, 0.25) is 0 Å². The quantitative estimate of drug-likeness (QED) is 0.760. The lowest BCUT2D eigenvalue weighted by Gasteiger charge is -2.27. The van der Waals surface area contributed by atoms with E-state index in [9.17, 15) is 9.59 Å². The predicted molar refractivity (Wildman–Crippen MR) is 106 cm³/mol. The number of anilines is 1. The van der Waals surface area contributed by atoms with Gasteiger partial charge in [-0.25, -0.2) is 4.98 Å². The number of ether oxygens (including phenoxy) is 1. The highest BCUT2D eigenvalue weighted by atomic mass is 16.5. The number of carbonyl (C=O) groups is 2. The Morgan fingerprint density at radius 3 is 2.64 bits per heavy atom. The Morgan fingerprint density at radius 1 is 1.07 bits per heavy atom. The molecule has 4 rings (SSSR count). The summed E-state index contributed by atoms with van der Waals surface area (Å²) in [5, 5.41) is 2.92. The smallest absolute Gasteiger partial charge is 0.255 e. The minimum absolute atomic E-state index is 0.0481. The fourth-order valence-corrected chi connectivity index (χ4v) is 3.28. The zero-order valence-electron chi connectivity index (χ0n) is 15.9. The molecular formula is C21H22N4O3. The second kappa shape index (κ2) is 7.44. The molecule has 0 atom stereocenters. The number of imidazole rings is 1. The minimum atomic E-state index is -0.234. The Balaban J connectivity index is 1.56. The zero-order valence-corrected chi connectivity index (χ0v) is 15.9. The van der Waals surface area contributed by atoms with Crippen molar-refractivity contribution in [2.75, 3.05) is 31.6 Å². The third kappa shape index (κ3) is 3.48. The van der Waals surface area contributed by atoms with Gasteiger partial charge in [-0.2, -0.15) is 0 Å². The van der Waals surface area contributed by atoms with Gasteiger partial charge in [0, 0.05) is 48.0 Å². The van der Waals surface area contributed by atoms with E-state index in [-0.39, 0.29) is 11.8 Å². The standard InChI is InChI=1S/C21H22N4O3/c1-14-3-4-17(21(27)24-7-9-28-10-8-24)11-18(14)23-20(26)16-5-6-25-15(2)13-22-19(25)12-16/h3-6,11-13H,7-10H2,1-2H3,(H,23,26). The summed E-state index contributed by atoms with van der Waals surface area (Å²) in [7, 11) is 0. The molecule has 1 aromatic carbocycles. The first-order valence-corrected chi connectivity index (χ1v) is 9.25. The van der Waals surface area contributed by atoms with Crippen LogP contribution in [-0.2, 0) is 4.74 Å². The van der Waals surface area contributed by atoms with E-state index in [2.05, 4.69) is 10.3 Å². The molecule has 1 saturated heterocycles. The molecule has 0 spiro atoms. The summed E-state index contributed by atoms with van der Waals surface area (Å²) in [6, 6.07) is 8.89. The normalized spacial score (nSPS) is 14.3. The lowest BCUT2D eigenvalue weighted by Crippen LogP contribution is -2.40. The van der Waals surface area contributed by atoms with Gasteiger partial charge in [-0.1, -0.05) is 6.07 Å². The summed E-state index contributed by atoms with van der Waals surface area (Å²) >= 11 is 0. The monoisotopic (exact) mass is 378 g/mol. The van der Waals surface area contributed by atoms with Crippen molar-refractivity contribution in [1.29, 1.82) is 0 Å². The van der Waals surface area contributed by atoms with E-state index in [0.29, 0.717) is 43.1 Å². The number of rotatable bonds is 3. The topological polar surface area (TPSA) is 75.9 Å². The number of pyridine rings is 1. The van der Waals surface area contributed by atoms with E-state index in [4.69, 9.17) is 4.74 Å². The average Bonchev–Trinajstić information content (AvgIpc) is 3.10. The van der Waals surface area contributed by atoms with E-state index in [0.717, 1.165) is 16.9 Å². The van der Waals surface area contributed by atoms with Crippen molar-refractivity contribution in [3.63, 3.8) is 0 Å². The number of aryl methyl sites for hydroxylation is 2. The largest absolute Gasteiger partial charge is 0.378 e. The van der Waals surface area contributed by atoms with Crippen LogP contribution in [0.4, 0.5) is 5.69 Å². The number of nitrogens with one attached hydrogen (secondary N) is 1. The van der Waals surface area contributed by atoms with Crippen molar-refractivity contribution >= 4 is 23.1 Å². The Labute approximate surface area is 162 Å². The van der Waals surface area contributed by atoms with Gasteiger partial charge in [-0.3, -0.25) is 9.59 Å². The van der Waals surface area contributed by atoms with Crippen molar-refractivity contribution in [1.82, 2.24) is 14.3 Å². The molecule has 0 bridgehead atoms. The lowest BCUT2D eigenvalue weighted by molar-refractivity contribution is 0.0303. The number of carbonyl (C=O) groups excluding carboxylic acids is 2. The van der Waals surface area contributed by atoms with E-state index < -0.39 is 0 Å². The highest BCUT2D eigenvalue weighted by Gasteiger charge is 2.19. The number of morpholine rings is 1. The van der Waals surface area contributed by atoms with Crippen molar-refractivity contribution in [2.45, 2.75) is 13.8 Å². The van der Waals surface area contributed by atoms with Gasteiger partial charge < -0.3 is 19.4 Å². The number of benzene rings is 1. The number of fused-ring (bicyclic) bond motifs is 1. The van der Waals surface area contributed by atoms with Gasteiger partial charge in [0.2, 0.25) is 0 Å². The van der Waals surface area contributed by atoms with E-state index in [1.54, 1.807) is 35.4 Å². The number of hydrogen-bond donors (Lipinski definition) is 1. The second-order valence-corrected chi connectivity index (χ2v) is 6.93. The van der Waals surface area contributed by atoms with Crippen molar-refractivity contribution < 1.29 is 14.3 Å². The summed E-state index contributed by atoms with van der Waals surface area (Å²) in [6.45, 7) is 6.13. The fourth-order valence-electron chi connectivity index (χ4n) is 3.28. The molecule has 144 valence electrons. The maximum absolute atomic E-state index is 12.7. The number of hydrogen-bond acceptors (Lipinski definition) is 4. The number of nitrogens with zero attached hydrogens (tertiary/aromatic N) is 3. The van der Waals surface area contributed by atoms with Crippen LogP contribution >= 0.6 is 0 Å². The first kappa shape index (κ1) is 18.2. The van der Waals surface area contributed by atoms with Crippen LogP contribution in [0, 0.1) is 13.8 Å². The summed E-state index contributed by atoms with van der Waals surface area (Å²) in [5.41, 5.74) is 4.32. The summed E-state index contributed by atoms with van der Waals surface area (Å²) in [5.74, 6) is -0.282. The molecule has 1 fully saturated rings. The summed E-state index contributed by atoms with van der Waals surface area (Å²) < 4.78 is 7.22. The Bertz CT molecular complexity index is 1050. The SMILES string of the molecule is Cc1ccc(C(=O)N2CCOCC2)cc1NC(=O)c1ccn2c(C)cnc2c1. The fraction of sp³-hybridized carbons (Fsp3) is 0.286. The van der Waals surface area contributed by atoms with Gasteiger partial charge in [-0.15, -0.1) is 0 Å². The lowest BCUT2D eigenvalue weighted by atomic mass is 10.1.